The Hall–Kier alpha value is -3.64. The van der Waals surface area contributed by atoms with E-state index < -0.39 is 0 Å². The molecule has 0 unspecified atom stereocenters. The number of likely N-dealkylation sites (N-methyl/N-ethyl adjacent to an activating group) is 1. The Labute approximate surface area is 195 Å². The van der Waals surface area contributed by atoms with Crippen molar-refractivity contribution in [1.29, 1.82) is 0 Å². The van der Waals surface area contributed by atoms with Crippen LogP contribution in [0, 0.1) is 6.92 Å². The molecule has 6 heteroatoms. The summed E-state index contributed by atoms with van der Waals surface area (Å²) in [4.78, 5) is 30.7. The standard InChI is InChI=1S/C27H30N4O2/c1-3-30-15-17-31(18-16-30)25-14-7-6-13-24(25)29-27(33)22-11-4-5-12-23(22)28-26(32)21-10-8-9-20(2)19-21/h4-14,19H,3,15-18H2,1-2H3,(H,28,32)(H,29,33). The Kier molecular flexibility index (Phi) is 7.05. The minimum Gasteiger partial charge on any atom is -0.367 e. The zero-order valence-electron chi connectivity index (χ0n) is 19.2. The molecule has 1 aliphatic heterocycles. The fourth-order valence-corrected chi connectivity index (χ4v) is 4.12. The first kappa shape index (κ1) is 22.6. The highest BCUT2D eigenvalue weighted by atomic mass is 16.2. The van der Waals surface area contributed by atoms with Crippen molar-refractivity contribution >= 4 is 28.9 Å². The number of nitrogens with one attached hydrogen (secondary N) is 2. The topological polar surface area (TPSA) is 64.7 Å². The summed E-state index contributed by atoms with van der Waals surface area (Å²) in [6.45, 7) is 9.03. The molecule has 3 aromatic carbocycles. The molecule has 1 saturated heterocycles. The van der Waals surface area contributed by atoms with Crippen LogP contribution in [0.2, 0.25) is 0 Å². The number of hydrogen-bond acceptors (Lipinski definition) is 4. The molecule has 2 amide bonds. The van der Waals surface area contributed by atoms with E-state index in [0.717, 1.165) is 49.7 Å². The molecule has 0 bridgehead atoms. The lowest BCUT2D eigenvalue weighted by atomic mass is 10.1. The smallest absolute Gasteiger partial charge is 0.257 e. The van der Waals surface area contributed by atoms with E-state index in [0.29, 0.717) is 16.8 Å². The van der Waals surface area contributed by atoms with Gasteiger partial charge in [-0.1, -0.05) is 48.9 Å². The fourth-order valence-electron chi connectivity index (χ4n) is 4.12. The molecule has 2 N–H and O–H groups in total. The van der Waals surface area contributed by atoms with Gasteiger partial charge >= 0.3 is 0 Å². The number of amides is 2. The van der Waals surface area contributed by atoms with Gasteiger partial charge in [0, 0.05) is 31.7 Å². The first-order valence-corrected chi connectivity index (χ1v) is 11.4. The zero-order chi connectivity index (χ0) is 23.2. The predicted octanol–water partition coefficient (Wildman–Crippen LogP) is 4.64. The van der Waals surface area contributed by atoms with Crippen molar-refractivity contribution in [3.8, 4) is 0 Å². The van der Waals surface area contributed by atoms with Gasteiger partial charge < -0.3 is 20.4 Å². The second kappa shape index (κ2) is 10.3. The van der Waals surface area contributed by atoms with Crippen LogP contribution in [0.4, 0.5) is 17.1 Å². The Bertz CT molecular complexity index is 1140. The summed E-state index contributed by atoms with van der Waals surface area (Å²) >= 11 is 0. The van der Waals surface area contributed by atoms with Crippen LogP contribution in [-0.2, 0) is 0 Å². The molecule has 4 rings (SSSR count). The van der Waals surface area contributed by atoms with Gasteiger partial charge in [0.05, 0.1) is 22.6 Å². The summed E-state index contributed by atoms with van der Waals surface area (Å²) in [5.41, 5.74) is 4.25. The maximum atomic E-state index is 13.3. The molecule has 0 aromatic heterocycles. The van der Waals surface area contributed by atoms with Gasteiger partial charge in [0.25, 0.3) is 11.8 Å². The van der Waals surface area contributed by atoms with Crippen molar-refractivity contribution in [2.75, 3.05) is 48.3 Å². The summed E-state index contributed by atoms with van der Waals surface area (Å²) < 4.78 is 0. The molecule has 0 saturated carbocycles. The Morgan fingerprint density at radius 3 is 2.18 bits per heavy atom. The van der Waals surface area contributed by atoms with E-state index in [1.54, 1.807) is 24.3 Å². The summed E-state index contributed by atoms with van der Waals surface area (Å²) in [6, 6.07) is 22.3. The average Bonchev–Trinajstić information content (AvgIpc) is 2.85. The molecule has 3 aromatic rings. The van der Waals surface area contributed by atoms with Crippen molar-refractivity contribution in [3.63, 3.8) is 0 Å². The lowest BCUT2D eigenvalue weighted by Gasteiger charge is -2.36. The molecule has 33 heavy (non-hydrogen) atoms. The number of carbonyl (C=O) groups excluding carboxylic acids is 2. The number of anilines is 3. The monoisotopic (exact) mass is 442 g/mol. The number of nitrogens with zero attached hydrogens (tertiary/aromatic N) is 2. The van der Waals surface area contributed by atoms with E-state index in [9.17, 15) is 9.59 Å². The van der Waals surface area contributed by atoms with Crippen molar-refractivity contribution in [1.82, 2.24) is 4.90 Å². The number of carbonyl (C=O) groups is 2. The molecular formula is C27H30N4O2. The Balaban J connectivity index is 1.52. The quantitative estimate of drug-likeness (QED) is 0.584. The summed E-state index contributed by atoms with van der Waals surface area (Å²) in [5.74, 6) is -0.497. The van der Waals surface area contributed by atoms with Crippen LogP contribution >= 0.6 is 0 Å². The average molecular weight is 443 g/mol. The SMILES string of the molecule is CCN1CCN(c2ccccc2NC(=O)c2ccccc2NC(=O)c2cccc(C)c2)CC1. The Morgan fingerprint density at radius 1 is 0.788 bits per heavy atom. The van der Waals surface area contributed by atoms with Crippen molar-refractivity contribution in [3.05, 3.63) is 89.5 Å². The fraction of sp³-hybridized carbons (Fsp3) is 0.259. The molecule has 0 spiro atoms. The highest BCUT2D eigenvalue weighted by Crippen LogP contribution is 2.28. The lowest BCUT2D eigenvalue weighted by Crippen LogP contribution is -2.46. The van der Waals surface area contributed by atoms with Crippen LogP contribution < -0.4 is 15.5 Å². The highest BCUT2D eigenvalue weighted by molar-refractivity contribution is 6.13. The van der Waals surface area contributed by atoms with Gasteiger partial charge in [-0.25, -0.2) is 0 Å². The summed E-state index contributed by atoms with van der Waals surface area (Å²) in [7, 11) is 0. The predicted molar refractivity (Wildman–Crippen MR) is 134 cm³/mol. The van der Waals surface area contributed by atoms with Crippen LogP contribution in [0.5, 0.6) is 0 Å². The third-order valence-corrected chi connectivity index (χ3v) is 6.01. The molecule has 0 aliphatic carbocycles. The van der Waals surface area contributed by atoms with Gasteiger partial charge in [-0.05, 0) is 49.9 Å². The second-order valence-electron chi connectivity index (χ2n) is 8.26. The van der Waals surface area contributed by atoms with Crippen LogP contribution in [-0.4, -0.2) is 49.4 Å². The van der Waals surface area contributed by atoms with E-state index in [1.807, 2.05) is 55.5 Å². The molecule has 1 heterocycles. The van der Waals surface area contributed by atoms with Gasteiger partial charge in [-0.2, -0.15) is 0 Å². The third-order valence-electron chi connectivity index (χ3n) is 6.01. The maximum Gasteiger partial charge on any atom is 0.257 e. The number of para-hydroxylation sites is 3. The molecule has 0 atom stereocenters. The van der Waals surface area contributed by atoms with Crippen LogP contribution in [0.3, 0.4) is 0 Å². The van der Waals surface area contributed by atoms with E-state index in [4.69, 9.17) is 0 Å². The normalized spacial score (nSPS) is 14.1. The van der Waals surface area contributed by atoms with E-state index >= 15 is 0 Å². The van der Waals surface area contributed by atoms with Crippen molar-refractivity contribution in [2.45, 2.75) is 13.8 Å². The van der Waals surface area contributed by atoms with E-state index in [-0.39, 0.29) is 11.8 Å². The zero-order valence-corrected chi connectivity index (χ0v) is 19.2. The summed E-state index contributed by atoms with van der Waals surface area (Å²) in [6.07, 6.45) is 0. The third kappa shape index (κ3) is 5.41. The van der Waals surface area contributed by atoms with E-state index in [1.165, 1.54) is 0 Å². The molecule has 170 valence electrons. The van der Waals surface area contributed by atoms with E-state index in [2.05, 4.69) is 27.4 Å². The van der Waals surface area contributed by atoms with Gasteiger partial charge in [0.1, 0.15) is 0 Å². The second-order valence-corrected chi connectivity index (χ2v) is 8.26. The molecular weight excluding hydrogens is 412 g/mol. The van der Waals surface area contributed by atoms with Gasteiger partial charge in [-0.15, -0.1) is 0 Å². The van der Waals surface area contributed by atoms with Crippen LogP contribution in [0.15, 0.2) is 72.8 Å². The number of piperazine rings is 1. The number of benzene rings is 3. The number of hydrogen-bond donors (Lipinski definition) is 2. The van der Waals surface area contributed by atoms with Crippen LogP contribution in [0.25, 0.3) is 0 Å². The minimum atomic E-state index is -0.255. The molecule has 6 nitrogen and oxygen atoms in total. The number of aryl methyl sites for hydroxylation is 1. The Morgan fingerprint density at radius 2 is 1.45 bits per heavy atom. The maximum absolute atomic E-state index is 13.3. The lowest BCUT2D eigenvalue weighted by molar-refractivity contribution is 0.102. The number of rotatable bonds is 6. The van der Waals surface area contributed by atoms with Crippen LogP contribution in [0.1, 0.15) is 33.2 Å². The molecule has 1 aliphatic rings. The highest BCUT2D eigenvalue weighted by Gasteiger charge is 2.20. The molecule has 1 fully saturated rings. The van der Waals surface area contributed by atoms with Crippen molar-refractivity contribution in [2.24, 2.45) is 0 Å². The first-order valence-electron chi connectivity index (χ1n) is 11.4. The van der Waals surface area contributed by atoms with Gasteiger partial charge in [-0.3, -0.25) is 9.59 Å². The summed E-state index contributed by atoms with van der Waals surface area (Å²) in [5, 5.41) is 5.96. The first-order chi connectivity index (χ1) is 16.0. The van der Waals surface area contributed by atoms with Crippen molar-refractivity contribution < 1.29 is 9.59 Å². The minimum absolute atomic E-state index is 0.242. The molecule has 0 radical (unpaired) electrons. The largest absolute Gasteiger partial charge is 0.367 e. The van der Waals surface area contributed by atoms with Gasteiger partial charge in [0.2, 0.25) is 0 Å². The van der Waals surface area contributed by atoms with Gasteiger partial charge in [0.15, 0.2) is 0 Å².